The summed E-state index contributed by atoms with van der Waals surface area (Å²) in [5.74, 6) is -0.838. The van der Waals surface area contributed by atoms with Gasteiger partial charge in [-0.05, 0) is 48.0 Å². The standard InChI is InChI=1S/C25H21N3O6S/c1-32-18-12-10-16(11-13-18)23(30)28-27-22(29)14-33-24(31)19-7-3-2-6-17(19)15-35-25-26-20-8-4-5-9-21(20)34-25/h2-13H,14-15H2,1H3,(H,27,29)(H,28,30). The van der Waals surface area contributed by atoms with E-state index in [4.69, 9.17) is 13.9 Å². The molecule has 0 aliphatic carbocycles. The van der Waals surface area contributed by atoms with Gasteiger partial charge in [-0.3, -0.25) is 20.4 Å². The number of carbonyl (C=O) groups excluding carboxylic acids is 3. The zero-order valence-electron chi connectivity index (χ0n) is 18.6. The molecule has 4 rings (SSSR count). The van der Waals surface area contributed by atoms with Crippen LogP contribution in [0.5, 0.6) is 5.75 Å². The van der Waals surface area contributed by atoms with Gasteiger partial charge in [0.1, 0.15) is 11.3 Å². The predicted molar refractivity (Wildman–Crippen MR) is 129 cm³/mol. The summed E-state index contributed by atoms with van der Waals surface area (Å²) >= 11 is 1.35. The van der Waals surface area contributed by atoms with E-state index in [1.54, 1.807) is 48.5 Å². The Morgan fingerprint density at radius 1 is 0.943 bits per heavy atom. The van der Waals surface area contributed by atoms with E-state index < -0.39 is 24.4 Å². The van der Waals surface area contributed by atoms with Crippen molar-refractivity contribution >= 4 is 40.6 Å². The lowest BCUT2D eigenvalue weighted by Crippen LogP contribution is -2.43. The number of ether oxygens (including phenoxy) is 2. The molecule has 0 fully saturated rings. The number of hydrogen-bond acceptors (Lipinski definition) is 8. The van der Waals surface area contributed by atoms with Gasteiger partial charge in [-0.15, -0.1) is 0 Å². The topological polar surface area (TPSA) is 120 Å². The quantitative estimate of drug-likeness (QED) is 0.217. The van der Waals surface area contributed by atoms with Crippen molar-refractivity contribution in [1.82, 2.24) is 15.8 Å². The molecule has 0 bridgehead atoms. The van der Waals surface area contributed by atoms with Crippen molar-refractivity contribution in [2.45, 2.75) is 11.0 Å². The van der Waals surface area contributed by atoms with Crippen LogP contribution in [0.15, 0.2) is 82.4 Å². The lowest BCUT2D eigenvalue weighted by atomic mass is 10.1. The number of para-hydroxylation sites is 2. The van der Waals surface area contributed by atoms with E-state index >= 15 is 0 Å². The SMILES string of the molecule is COc1ccc(C(=O)NNC(=O)COC(=O)c2ccccc2CSc2nc3ccccc3o2)cc1. The third-order valence-corrected chi connectivity index (χ3v) is 5.74. The number of nitrogens with zero attached hydrogens (tertiary/aromatic N) is 1. The lowest BCUT2D eigenvalue weighted by molar-refractivity contribution is -0.125. The minimum absolute atomic E-state index is 0.325. The molecule has 9 nitrogen and oxygen atoms in total. The molecule has 1 heterocycles. The largest absolute Gasteiger partial charge is 0.497 e. The van der Waals surface area contributed by atoms with Crippen LogP contribution in [-0.4, -0.2) is 36.5 Å². The molecule has 0 saturated carbocycles. The van der Waals surface area contributed by atoms with Crippen LogP contribution >= 0.6 is 11.8 Å². The summed E-state index contributed by atoms with van der Waals surface area (Å²) < 4.78 is 15.9. The molecule has 4 aromatic rings. The summed E-state index contributed by atoms with van der Waals surface area (Å²) in [6, 6.07) is 20.7. The number of hydrazine groups is 1. The highest BCUT2D eigenvalue weighted by Gasteiger charge is 2.16. The Labute approximate surface area is 204 Å². The minimum atomic E-state index is -0.682. The molecule has 35 heavy (non-hydrogen) atoms. The number of methoxy groups -OCH3 is 1. The Morgan fingerprint density at radius 2 is 1.69 bits per heavy atom. The molecular formula is C25H21N3O6S. The second-order valence-corrected chi connectivity index (χ2v) is 8.13. The van der Waals surface area contributed by atoms with Crippen LogP contribution in [0, 0.1) is 0 Å². The summed E-state index contributed by atoms with van der Waals surface area (Å²) in [5, 5.41) is 0.487. The average molecular weight is 492 g/mol. The smallest absolute Gasteiger partial charge is 0.338 e. The van der Waals surface area contributed by atoms with E-state index in [2.05, 4.69) is 15.8 Å². The molecule has 0 aliphatic heterocycles. The van der Waals surface area contributed by atoms with Gasteiger partial charge in [-0.2, -0.15) is 0 Å². The Balaban J connectivity index is 1.28. The fraction of sp³-hybridized carbons (Fsp3) is 0.120. The predicted octanol–water partition coefficient (Wildman–Crippen LogP) is 3.75. The second-order valence-electron chi connectivity index (χ2n) is 7.20. The summed E-state index contributed by atoms with van der Waals surface area (Å²) in [5.41, 5.74) is 7.29. The molecule has 3 aromatic carbocycles. The van der Waals surface area contributed by atoms with Crippen LogP contribution in [0.1, 0.15) is 26.3 Å². The number of benzene rings is 3. The zero-order valence-corrected chi connectivity index (χ0v) is 19.5. The number of thioether (sulfide) groups is 1. The molecule has 2 amide bonds. The summed E-state index contributed by atoms with van der Waals surface area (Å²) in [4.78, 5) is 41.2. The number of carbonyl (C=O) groups is 3. The summed E-state index contributed by atoms with van der Waals surface area (Å²) in [7, 11) is 1.52. The highest BCUT2D eigenvalue weighted by atomic mass is 32.2. The first-order chi connectivity index (χ1) is 17.0. The molecule has 0 unspecified atom stereocenters. The van der Waals surface area contributed by atoms with Gasteiger partial charge < -0.3 is 13.9 Å². The van der Waals surface area contributed by atoms with Crippen molar-refractivity contribution in [2.24, 2.45) is 0 Å². The number of aromatic nitrogens is 1. The third-order valence-electron chi connectivity index (χ3n) is 4.86. The fourth-order valence-electron chi connectivity index (χ4n) is 3.08. The van der Waals surface area contributed by atoms with E-state index in [1.807, 2.05) is 24.3 Å². The lowest BCUT2D eigenvalue weighted by Gasteiger charge is -2.10. The molecule has 178 valence electrons. The highest BCUT2D eigenvalue weighted by molar-refractivity contribution is 7.98. The number of esters is 1. The number of oxazole rings is 1. The average Bonchev–Trinajstić information content (AvgIpc) is 3.32. The van der Waals surface area contributed by atoms with Crippen LogP contribution in [0.2, 0.25) is 0 Å². The molecule has 0 saturated heterocycles. The van der Waals surface area contributed by atoms with E-state index in [1.165, 1.54) is 18.9 Å². The Morgan fingerprint density at radius 3 is 2.46 bits per heavy atom. The van der Waals surface area contributed by atoms with E-state index in [9.17, 15) is 14.4 Å². The third kappa shape index (κ3) is 6.18. The molecule has 0 atom stereocenters. The first-order valence-electron chi connectivity index (χ1n) is 10.5. The molecule has 10 heteroatoms. The second kappa shape index (κ2) is 11.2. The number of fused-ring (bicyclic) bond motifs is 1. The van der Waals surface area contributed by atoms with Gasteiger partial charge in [0.2, 0.25) is 0 Å². The minimum Gasteiger partial charge on any atom is -0.497 e. The van der Waals surface area contributed by atoms with Crippen molar-refractivity contribution in [3.63, 3.8) is 0 Å². The molecule has 0 spiro atoms. The highest BCUT2D eigenvalue weighted by Crippen LogP contribution is 2.27. The normalized spacial score (nSPS) is 10.5. The van der Waals surface area contributed by atoms with Gasteiger partial charge in [-0.1, -0.05) is 42.1 Å². The van der Waals surface area contributed by atoms with E-state index in [0.717, 1.165) is 5.52 Å². The summed E-state index contributed by atoms with van der Waals surface area (Å²) in [6.07, 6.45) is 0. The van der Waals surface area contributed by atoms with Gasteiger partial charge in [-0.25, -0.2) is 9.78 Å². The molecule has 0 aliphatic rings. The molecule has 2 N–H and O–H groups in total. The van der Waals surface area contributed by atoms with Crippen molar-refractivity contribution in [3.8, 4) is 5.75 Å². The maximum atomic E-state index is 12.6. The molecule has 1 aromatic heterocycles. The van der Waals surface area contributed by atoms with Gasteiger partial charge in [0.25, 0.3) is 17.0 Å². The van der Waals surface area contributed by atoms with Gasteiger partial charge >= 0.3 is 5.97 Å². The maximum Gasteiger partial charge on any atom is 0.338 e. The first kappa shape index (κ1) is 23.8. The van der Waals surface area contributed by atoms with E-state index in [-0.39, 0.29) is 0 Å². The van der Waals surface area contributed by atoms with E-state index in [0.29, 0.717) is 39.0 Å². The Hall–Kier alpha value is -4.31. The van der Waals surface area contributed by atoms with Crippen molar-refractivity contribution < 1.29 is 28.3 Å². The van der Waals surface area contributed by atoms with Crippen LogP contribution in [0.25, 0.3) is 11.1 Å². The molecule has 0 radical (unpaired) electrons. The molecular weight excluding hydrogens is 470 g/mol. The fourth-order valence-corrected chi connectivity index (χ4v) is 3.93. The van der Waals surface area contributed by atoms with Crippen molar-refractivity contribution in [1.29, 1.82) is 0 Å². The van der Waals surface area contributed by atoms with Crippen LogP contribution in [0.3, 0.4) is 0 Å². The number of amides is 2. The summed E-state index contributed by atoms with van der Waals surface area (Å²) in [6.45, 7) is -0.561. The Kier molecular flexibility index (Phi) is 7.63. The van der Waals surface area contributed by atoms with Crippen LogP contribution in [0.4, 0.5) is 0 Å². The first-order valence-corrected chi connectivity index (χ1v) is 11.5. The van der Waals surface area contributed by atoms with Gasteiger partial charge in [0, 0.05) is 11.3 Å². The van der Waals surface area contributed by atoms with Crippen molar-refractivity contribution in [2.75, 3.05) is 13.7 Å². The zero-order chi connectivity index (χ0) is 24.6. The number of nitrogens with one attached hydrogen (secondary N) is 2. The maximum absolute atomic E-state index is 12.6. The number of hydrogen-bond donors (Lipinski definition) is 2. The van der Waals surface area contributed by atoms with Crippen LogP contribution < -0.4 is 15.6 Å². The monoisotopic (exact) mass is 491 g/mol. The van der Waals surface area contributed by atoms with Crippen molar-refractivity contribution in [3.05, 3.63) is 89.5 Å². The van der Waals surface area contributed by atoms with Gasteiger partial charge in [0.05, 0.1) is 12.7 Å². The van der Waals surface area contributed by atoms with Crippen LogP contribution in [-0.2, 0) is 15.3 Å². The number of rotatable bonds is 8. The Bertz CT molecular complexity index is 1320. The van der Waals surface area contributed by atoms with Gasteiger partial charge in [0.15, 0.2) is 12.2 Å².